The summed E-state index contributed by atoms with van der Waals surface area (Å²) in [7, 11) is 0. The average Bonchev–Trinajstić information content (AvgIpc) is 2.81. The summed E-state index contributed by atoms with van der Waals surface area (Å²) in [5.41, 5.74) is 5.75. The lowest BCUT2D eigenvalue weighted by atomic mass is 10.00. The highest BCUT2D eigenvalue weighted by atomic mass is 35.5. The first-order valence-electron chi connectivity index (χ1n) is 7.12. The Morgan fingerprint density at radius 2 is 1.68 bits per heavy atom. The molecule has 0 saturated carbocycles. The number of nitrogens with zero attached hydrogens (tertiary/aromatic N) is 1. The van der Waals surface area contributed by atoms with Gasteiger partial charge in [-0.15, -0.1) is 0 Å². The van der Waals surface area contributed by atoms with Gasteiger partial charge in [0.25, 0.3) is 5.91 Å². The molecule has 0 saturated heterocycles. The van der Waals surface area contributed by atoms with E-state index in [9.17, 15) is 4.79 Å². The van der Waals surface area contributed by atoms with Gasteiger partial charge < -0.3 is 4.90 Å². The zero-order chi connectivity index (χ0) is 15.7. The van der Waals surface area contributed by atoms with Gasteiger partial charge in [0.2, 0.25) is 0 Å². The number of benzene rings is 2. The van der Waals surface area contributed by atoms with E-state index in [1.807, 2.05) is 61.5 Å². The second-order valence-electron chi connectivity index (χ2n) is 5.27. The van der Waals surface area contributed by atoms with Gasteiger partial charge in [-0.1, -0.05) is 66.7 Å². The number of hydrogen-bond acceptors (Lipinski definition) is 1. The lowest BCUT2D eigenvalue weighted by Gasteiger charge is -2.27. The summed E-state index contributed by atoms with van der Waals surface area (Å²) in [5.74, 6) is -0.0277. The Balaban J connectivity index is 1.98. The van der Waals surface area contributed by atoms with Crippen LogP contribution >= 0.6 is 11.6 Å². The summed E-state index contributed by atoms with van der Waals surface area (Å²) in [5, 5.41) is 0. The van der Waals surface area contributed by atoms with Crippen LogP contribution in [0.4, 0.5) is 0 Å². The van der Waals surface area contributed by atoms with Gasteiger partial charge in [0, 0.05) is 22.4 Å². The Morgan fingerprint density at radius 1 is 1.09 bits per heavy atom. The molecule has 0 bridgehead atoms. The predicted molar refractivity (Wildman–Crippen MR) is 91.4 cm³/mol. The quantitative estimate of drug-likeness (QED) is 0.799. The van der Waals surface area contributed by atoms with E-state index in [1.165, 1.54) is 0 Å². The Kier molecular flexibility index (Phi) is 3.86. The van der Waals surface area contributed by atoms with E-state index in [4.69, 9.17) is 11.6 Å². The third-order valence-corrected chi connectivity index (χ3v) is 4.28. The van der Waals surface area contributed by atoms with Gasteiger partial charge in [-0.25, -0.2) is 0 Å². The number of rotatable bonds is 3. The van der Waals surface area contributed by atoms with Gasteiger partial charge in [0.05, 0.1) is 6.04 Å². The van der Waals surface area contributed by atoms with Crippen molar-refractivity contribution in [3.63, 3.8) is 0 Å². The van der Waals surface area contributed by atoms with Crippen LogP contribution in [0.1, 0.15) is 28.4 Å². The van der Waals surface area contributed by atoms with E-state index in [0.717, 1.165) is 22.4 Å². The van der Waals surface area contributed by atoms with Gasteiger partial charge in [0.15, 0.2) is 0 Å². The van der Waals surface area contributed by atoms with Gasteiger partial charge in [-0.05, 0) is 24.1 Å². The fourth-order valence-electron chi connectivity index (χ4n) is 2.88. The Bertz CT molecular complexity index is 729. The minimum absolute atomic E-state index is 0.0277. The van der Waals surface area contributed by atoms with Gasteiger partial charge in [0.1, 0.15) is 0 Å². The highest BCUT2D eigenvalue weighted by molar-refractivity contribution is 6.28. The molecular formula is C19H16ClNO. The fourth-order valence-corrected chi connectivity index (χ4v) is 3.19. The molecule has 1 aliphatic rings. The van der Waals surface area contributed by atoms with Crippen molar-refractivity contribution in [3.8, 4) is 0 Å². The molecule has 2 nitrogen and oxygen atoms in total. The molecule has 22 heavy (non-hydrogen) atoms. The van der Waals surface area contributed by atoms with Crippen LogP contribution in [0.3, 0.4) is 0 Å². The minimum atomic E-state index is -0.188. The first-order valence-corrected chi connectivity index (χ1v) is 7.56. The lowest BCUT2D eigenvalue weighted by molar-refractivity contribution is 0.0835. The first-order chi connectivity index (χ1) is 10.6. The molecule has 1 aliphatic heterocycles. The van der Waals surface area contributed by atoms with E-state index < -0.39 is 0 Å². The molecule has 0 spiro atoms. The summed E-state index contributed by atoms with van der Waals surface area (Å²) in [6, 6.07) is 17.2. The molecule has 1 unspecified atom stereocenters. The third kappa shape index (κ3) is 2.26. The predicted octanol–water partition coefficient (Wildman–Crippen LogP) is 4.78. The zero-order valence-corrected chi connectivity index (χ0v) is 13.0. The normalized spacial score (nSPS) is 15.9. The lowest BCUT2D eigenvalue weighted by Crippen LogP contribution is -2.33. The number of amides is 1. The summed E-state index contributed by atoms with van der Waals surface area (Å²) < 4.78 is 0. The van der Waals surface area contributed by atoms with Crippen LogP contribution in [0, 0.1) is 0 Å². The van der Waals surface area contributed by atoms with Crippen molar-refractivity contribution >= 4 is 28.8 Å². The highest BCUT2D eigenvalue weighted by Crippen LogP contribution is 2.36. The molecule has 110 valence electrons. The van der Waals surface area contributed by atoms with Crippen molar-refractivity contribution in [3.05, 3.63) is 83.4 Å². The van der Waals surface area contributed by atoms with Crippen LogP contribution in [0.5, 0.6) is 0 Å². The number of hydrogen-bond donors (Lipinski definition) is 0. The van der Waals surface area contributed by atoms with Crippen molar-refractivity contribution < 1.29 is 4.79 Å². The number of carbonyl (C=O) groups is 1. The van der Waals surface area contributed by atoms with E-state index in [1.54, 1.807) is 10.4 Å². The molecule has 2 aromatic carbocycles. The highest BCUT2D eigenvalue weighted by Gasteiger charge is 2.35. The maximum atomic E-state index is 12.7. The molecule has 0 aromatic heterocycles. The molecule has 0 aliphatic carbocycles. The summed E-state index contributed by atoms with van der Waals surface area (Å²) in [4.78, 5) is 14.4. The minimum Gasteiger partial charge on any atom is -0.301 e. The summed E-state index contributed by atoms with van der Waals surface area (Å²) in [6.07, 6.45) is 0. The molecule has 2 aromatic rings. The molecule has 0 fully saturated rings. The van der Waals surface area contributed by atoms with Crippen LogP contribution in [0.25, 0.3) is 11.3 Å². The molecular weight excluding hydrogens is 294 g/mol. The largest absolute Gasteiger partial charge is 0.301 e. The smallest absolute Gasteiger partial charge is 0.259 e. The van der Waals surface area contributed by atoms with Crippen LogP contribution in [-0.2, 0) is 0 Å². The molecule has 0 radical (unpaired) electrons. The summed E-state index contributed by atoms with van der Waals surface area (Å²) in [6.45, 7) is 6.06. The molecule has 0 N–H and O–H groups in total. The SMILES string of the molecule is C=C1c2ccccc2C(=O)N1C(C)/C(=C\Cl)c1ccccc1. The molecule has 1 heterocycles. The Hall–Kier alpha value is -2.32. The third-order valence-electron chi connectivity index (χ3n) is 4.04. The maximum absolute atomic E-state index is 12.7. The van der Waals surface area contributed by atoms with Crippen LogP contribution < -0.4 is 0 Å². The average molecular weight is 310 g/mol. The zero-order valence-electron chi connectivity index (χ0n) is 12.3. The van der Waals surface area contributed by atoms with E-state index in [2.05, 4.69) is 6.58 Å². The van der Waals surface area contributed by atoms with E-state index in [-0.39, 0.29) is 11.9 Å². The first kappa shape index (κ1) is 14.6. The van der Waals surface area contributed by atoms with E-state index >= 15 is 0 Å². The molecule has 3 rings (SSSR count). The Morgan fingerprint density at radius 3 is 2.27 bits per heavy atom. The van der Waals surface area contributed by atoms with Crippen molar-refractivity contribution in [1.29, 1.82) is 0 Å². The van der Waals surface area contributed by atoms with Crippen LogP contribution in [0.2, 0.25) is 0 Å². The Labute approximate surface area is 135 Å². The molecule has 1 amide bonds. The van der Waals surface area contributed by atoms with Crippen LogP contribution in [0.15, 0.2) is 66.7 Å². The van der Waals surface area contributed by atoms with Gasteiger partial charge in [-0.3, -0.25) is 4.79 Å². The summed E-state index contributed by atoms with van der Waals surface area (Å²) >= 11 is 6.05. The van der Waals surface area contributed by atoms with Crippen LogP contribution in [-0.4, -0.2) is 16.8 Å². The van der Waals surface area contributed by atoms with Crippen molar-refractivity contribution in [1.82, 2.24) is 4.90 Å². The standard InChI is InChI=1S/C19H16ClNO/c1-13-16-10-6-7-11-17(16)19(22)21(13)14(2)18(12-20)15-8-4-3-5-9-15/h3-12,14H,1H2,2H3/b18-12+. The maximum Gasteiger partial charge on any atom is 0.259 e. The van der Waals surface area contributed by atoms with Crippen molar-refractivity contribution in [2.24, 2.45) is 0 Å². The molecule has 3 heteroatoms. The topological polar surface area (TPSA) is 20.3 Å². The van der Waals surface area contributed by atoms with Crippen molar-refractivity contribution in [2.45, 2.75) is 13.0 Å². The fraction of sp³-hybridized carbons (Fsp3) is 0.105. The number of halogens is 1. The number of fused-ring (bicyclic) bond motifs is 1. The van der Waals surface area contributed by atoms with Gasteiger partial charge in [-0.2, -0.15) is 0 Å². The number of carbonyl (C=O) groups excluding carboxylic acids is 1. The second kappa shape index (κ2) is 5.82. The van der Waals surface area contributed by atoms with Gasteiger partial charge >= 0.3 is 0 Å². The van der Waals surface area contributed by atoms with E-state index in [0.29, 0.717) is 5.56 Å². The monoisotopic (exact) mass is 309 g/mol. The molecule has 1 atom stereocenters. The second-order valence-corrected chi connectivity index (χ2v) is 5.49. The van der Waals surface area contributed by atoms with Crippen molar-refractivity contribution in [2.75, 3.05) is 0 Å².